The number of carbonyl (C=O) groups excluding carboxylic acids is 1. The molecule has 4 rings (SSSR count). The van der Waals surface area contributed by atoms with E-state index in [9.17, 15) is 20.1 Å². The fraction of sp³-hybridized carbons (Fsp3) is 0.857. The molecule has 0 aromatic heterocycles. The molecule has 0 saturated heterocycles. The zero-order valence-corrected chi connectivity index (χ0v) is 15.7. The van der Waals surface area contributed by atoms with Crippen molar-refractivity contribution in [2.24, 2.45) is 28.6 Å². The lowest BCUT2D eigenvalue weighted by Gasteiger charge is -2.58. The first-order valence-corrected chi connectivity index (χ1v) is 9.93. The Balaban J connectivity index is 1.72. The van der Waals surface area contributed by atoms with Crippen LogP contribution in [0.15, 0.2) is 11.6 Å². The number of allylic oxidation sites excluding steroid dienone is 1. The number of carbonyl (C=O) groups is 1. The molecule has 4 nitrogen and oxygen atoms in total. The van der Waals surface area contributed by atoms with E-state index in [-0.39, 0.29) is 23.2 Å². The van der Waals surface area contributed by atoms with Crippen LogP contribution in [0.5, 0.6) is 0 Å². The smallest absolute Gasteiger partial charge is 0.164 e. The van der Waals surface area contributed by atoms with Gasteiger partial charge in [0.2, 0.25) is 0 Å². The van der Waals surface area contributed by atoms with Gasteiger partial charge in [0.05, 0.1) is 12.2 Å². The van der Waals surface area contributed by atoms with Crippen molar-refractivity contribution in [1.29, 1.82) is 0 Å². The Morgan fingerprint density at radius 1 is 1.16 bits per heavy atom. The molecule has 25 heavy (non-hydrogen) atoms. The fourth-order valence-corrected chi connectivity index (χ4v) is 7.30. The molecule has 3 saturated carbocycles. The molecule has 8 atom stereocenters. The molecule has 0 aromatic carbocycles. The van der Waals surface area contributed by atoms with Crippen LogP contribution in [-0.2, 0) is 4.79 Å². The highest BCUT2D eigenvalue weighted by Crippen LogP contribution is 2.67. The summed E-state index contributed by atoms with van der Waals surface area (Å²) in [5.41, 5.74) is -0.590. The van der Waals surface area contributed by atoms with Crippen molar-refractivity contribution in [3.8, 4) is 0 Å². The van der Waals surface area contributed by atoms with E-state index in [1.807, 2.05) is 6.92 Å². The van der Waals surface area contributed by atoms with E-state index in [0.29, 0.717) is 18.3 Å². The summed E-state index contributed by atoms with van der Waals surface area (Å²) in [6.45, 7) is 5.80. The Hall–Kier alpha value is -0.710. The van der Waals surface area contributed by atoms with Gasteiger partial charge in [-0.25, -0.2) is 0 Å². The summed E-state index contributed by atoms with van der Waals surface area (Å²) < 4.78 is 0. The predicted octanol–water partition coefficient (Wildman–Crippen LogP) is 2.60. The lowest BCUT2D eigenvalue weighted by atomic mass is 9.46. The molecule has 2 unspecified atom stereocenters. The van der Waals surface area contributed by atoms with Crippen LogP contribution in [0.25, 0.3) is 0 Å². The highest BCUT2D eigenvalue weighted by molar-refractivity contribution is 5.87. The molecule has 3 N–H and O–H groups in total. The average Bonchev–Trinajstić information content (AvgIpc) is 2.77. The monoisotopic (exact) mass is 348 g/mol. The van der Waals surface area contributed by atoms with E-state index in [1.54, 1.807) is 0 Å². The third-order valence-corrected chi connectivity index (χ3v) is 8.83. The van der Waals surface area contributed by atoms with Gasteiger partial charge in [-0.3, -0.25) is 4.79 Å². The number of Topliss-reactive ketones (excluding diaryl/α,β-unsaturated/α-hetero) is 1. The summed E-state index contributed by atoms with van der Waals surface area (Å²) in [5.74, 6) is 0.824. The highest BCUT2D eigenvalue weighted by atomic mass is 16.4. The van der Waals surface area contributed by atoms with E-state index >= 15 is 0 Å². The van der Waals surface area contributed by atoms with Gasteiger partial charge in [-0.1, -0.05) is 25.5 Å². The van der Waals surface area contributed by atoms with E-state index in [2.05, 4.69) is 13.0 Å². The minimum atomic E-state index is -1.60. The third-order valence-electron chi connectivity index (χ3n) is 8.83. The molecule has 3 fully saturated rings. The molecule has 0 spiro atoms. The number of ketones is 1. The molecule has 0 amide bonds. The number of aliphatic hydroxyl groups excluding tert-OH is 2. The Morgan fingerprint density at radius 3 is 2.56 bits per heavy atom. The van der Waals surface area contributed by atoms with Gasteiger partial charge < -0.3 is 15.3 Å². The van der Waals surface area contributed by atoms with Crippen molar-refractivity contribution in [3.63, 3.8) is 0 Å². The molecule has 4 heteroatoms. The van der Waals surface area contributed by atoms with Crippen molar-refractivity contribution in [3.05, 3.63) is 11.6 Å². The first-order chi connectivity index (χ1) is 11.6. The average molecular weight is 348 g/mol. The molecule has 4 aliphatic carbocycles. The molecule has 0 aromatic rings. The summed E-state index contributed by atoms with van der Waals surface area (Å²) in [6, 6.07) is 0. The van der Waals surface area contributed by atoms with Crippen molar-refractivity contribution in [2.75, 3.05) is 0 Å². The van der Waals surface area contributed by atoms with Gasteiger partial charge in [-0.15, -0.1) is 0 Å². The Bertz CT molecular complexity index is 627. The molecule has 0 bridgehead atoms. The summed E-state index contributed by atoms with van der Waals surface area (Å²) in [6.07, 6.45) is 7.09. The summed E-state index contributed by atoms with van der Waals surface area (Å²) >= 11 is 0. The lowest BCUT2D eigenvalue weighted by Crippen LogP contribution is -2.59. The molecule has 0 radical (unpaired) electrons. The van der Waals surface area contributed by atoms with Crippen molar-refractivity contribution in [2.45, 2.75) is 83.5 Å². The Morgan fingerprint density at radius 2 is 1.88 bits per heavy atom. The van der Waals surface area contributed by atoms with Crippen LogP contribution in [0.4, 0.5) is 0 Å². The van der Waals surface area contributed by atoms with Crippen LogP contribution in [0.3, 0.4) is 0 Å². The number of hydrogen-bond acceptors (Lipinski definition) is 4. The van der Waals surface area contributed by atoms with Gasteiger partial charge in [0.15, 0.2) is 11.4 Å². The second kappa shape index (κ2) is 5.40. The molecular weight excluding hydrogens is 316 g/mol. The van der Waals surface area contributed by atoms with Gasteiger partial charge in [-0.05, 0) is 75.0 Å². The van der Waals surface area contributed by atoms with Gasteiger partial charge in [0.1, 0.15) is 0 Å². The Kier molecular flexibility index (Phi) is 3.82. The van der Waals surface area contributed by atoms with Crippen LogP contribution >= 0.6 is 0 Å². The minimum Gasteiger partial charge on any atom is -0.393 e. The SMILES string of the molecule is CC(=O)[C@@]1(O)C(O)C[C@H]2[C@@H]3CC=C4CC(O)CC[C@]4(C)[C@H]3CC[C@@]21C. The second-order valence-electron chi connectivity index (χ2n) is 9.69. The van der Waals surface area contributed by atoms with Crippen molar-refractivity contribution in [1.82, 2.24) is 0 Å². The van der Waals surface area contributed by atoms with Gasteiger partial charge in [0.25, 0.3) is 0 Å². The maximum atomic E-state index is 12.3. The van der Waals surface area contributed by atoms with Crippen LogP contribution < -0.4 is 0 Å². The lowest BCUT2D eigenvalue weighted by molar-refractivity contribution is -0.173. The normalized spacial score (nSPS) is 55.0. The van der Waals surface area contributed by atoms with Crippen molar-refractivity contribution >= 4 is 5.78 Å². The minimum absolute atomic E-state index is 0.130. The number of aliphatic hydroxyl groups is 3. The van der Waals surface area contributed by atoms with E-state index in [4.69, 9.17) is 0 Å². The van der Waals surface area contributed by atoms with Gasteiger partial charge >= 0.3 is 0 Å². The Labute approximate surface area is 150 Å². The largest absolute Gasteiger partial charge is 0.393 e. The topological polar surface area (TPSA) is 77.8 Å². The molecular formula is C21H32O4. The maximum absolute atomic E-state index is 12.3. The van der Waals surface area contributed by atoms with E-state index < -0.39 is 17.1 Å². The first-order valence-electron chi connectivity index (χ1n) is 9.93. The molecule has 0 aliphatic heterocycles. The van der Waals surface area contributed by atoms with Crippen LogP contribution in [0.2, 0.25) is 0 Å². The molecule has 0 heterocycles. The zero-order chi connectivity index (χ0) is 18.2. The van der Waals surface area contributed by atoms with Crippen LogP contribution in [-0.4, -0.2) is 38.9 Å². The fourth-order valence-electron chi connectivity index (χ4n) is 7.30. The van der Waals surface area contributed by atoms with Gasteiger partial charge in [-0.2, -0.15) is 0 Å². The standard InChI is InChI=1S/C21H32O4/c1-12(22)21(25)18(24)11-17-15-5-4-13-10-14(23)6-8-19(13,2)16(15)7-9-20(17,21)3/h4,14-18,23-25H,5-11H2,1-3H3/t14?,15-,16+,17+,18?,19+,20+,21-/m1/s1. The third kappa shape index (κ3) is 2.08. The van der Waals surface area contributed by atoms with E-state index in [0.717, 1.165) is 38.5 Å². The number of hydrogen-bond donors (Lipinski definition) is 3. The van der Waals surface area contributed by atoms with Crippen LogP contribution in [0, 0.1) is 28.6 Å². The van der Waals surface area contributed by atoms with Gasteiger partial charge in [0, 0.05) is 5.41 Å². The van der Waals surface area contributed by atoms with E-state index in [1.165, 1.54) is 12.5 Å². The predicted molar refractivity (Wildman–Crippen MR) is 94.7 cm³/mol. The van der Waals surface area contributed by atoms with Crippen LogP contribution in [0.1, 0.15) is 65.7 Å². The quantitative estimate of drug-likeness (QED) is 0.637. The molecule has 4 aliphatic rings. The first kappa shape index (κ1) is 17.7. The maximum Gasteiger partial charge on any atom is 0.164 e. The number of fused-ring (bicyclic) bond motifs is 5. The summed E-state index contributed by atoms with van der Waals surface area (Å²) in [4.78, 5) is 12.3. The van der Waals surface area contributed by atoms with Crippen molar-refractivity contribution < 1.29 is 20.1 Å². The number of rotatable bonds is 1. The second-order valence-corrected chi connectivity index (χ2v) is 9.69. The zero-order valence-electron chi connectivity index (χ0n) is 15.7. The summed E-state index contributed by atoms with van der Waals surface area (Å²) in [5, 5.41) is 31.9. The molecule has 140 valence electrons. The highest BCUT2D eigenvalue weighted by Gasteiger charge is 2.68. The summed E-state index contributed by atoms with van der Waals surface area (Å²) in [7, 11) is 0.